The second-order valence-electron chi connectivity index (χ2n) is 4.84. The molecule has 5 heteroatoms. The summed E-state index contributed by atoms with van der Waals surface area (Å²) in [5.41, 5.74) is 4.40. The zero-order chi connectivity index (χ0) is 14.3. The van der Waals surface area contributed by atoms with Crippen LogP contribution in [0, 0.1) is 8.34 Å². The third kappa shape index (κ3) is 2.35. The fourth-order valence-corrected chi connectivity index (χ4v) is 3.06. The predicted octanol–water partition coefficient (Wildman–Crippen LogP) is 4.36. The van der Waals surface area contributed by atoms with Crippen molar-refractivity contribution in [3.63, 3.8) is 0 Å². The van der Waals surface area contributed by atoms with Crippen LogP contribution in [0.2, 0.25) is 0 Å². The number of rotatable bonds is 2. The highest BCUT2D eigenvalue weighted by Gasteiger charge is 2.07. The van der Waals surface area contributed by atoms with Crippen LogP contribution in [0.15, 0.2) is 42.5 Å². The molecule has 0 radical (unpaired) electrons. The molecule has 0 spiro atoms. The van der Waals surface area contributed by atoms with E-state index >= 15 is 0 Å². The first kappa shape index (κ1) is 13.6. The Labute approximate surface area is 136 Å². The number of aromatic amines is 1. The molecule has 20 heavy (non-hydrogen) atoms. The van der Waals surface area contributed by atoms with Crippen LogP contribution in [0.25, 0.3) is 16.7 Å². The molecule has 0 aliphatic rings. The van der Waals surface area contributed by atoms with Crippen molar-refractivity contribution >= 4 is 51.5 Å². The average Bonchev–Trinajstić information content (AvgIpc) is 2.73. The fraction of sp³-hybridized carbons (Fsp3) is 0.133. The fourth-order valence-electron chi connectivity index (χ4n) is 2.25. The van der Waals surface area contributed by atoms with Crippen LogP contribution in [-0.2, 0) is 0 Å². The van der Waals surface area contributed by atoms with Crippen molar-refractivity contribution < 1.29 is 0 Å². The third-order valence-corrected chi connectivity index (χ3v) is 4.20. The van der Waals surface area contributed by atoms with Crippen molar-refractivity contribution in [3.05, 3.63) is 50.8 Å². The maximum atomic E-state index is 5.48. The molecule has 0 amide bonds. The molecule has 0 bridgehead atoms. The van der Waals surface area contributed by atoms with E-state index in [1.807, 2.05) is 14.1 Å². The smallest absolute Gasteiger partial charge is 0.182 e. The molecule has 2 aromatic carbocycles. The quantitative estimate of drug-likeness (QED) is 0.515. The van der Waals surface area contributed by atoms with Gasteiger partial charge in [0, 0.05) is 23.4 Å². The first-order chi connectivity index (χ1) is 9.56. The highest BCUT2D eigenvalue weighted by atomic mass is 127. The van der Waals surface area contributed by atoms with Crippen molar-refractivity contribution in [2.75, 3.05) is 19.0 Å². The van der Waals surface area contributed by atoms with Gasteiger partial charge >= 0.3 is 0 Å². The van der Waals surface area contributed by atoms with E-state index < -0.39 is 0 Å². The maximum absolute atomic E-state index is 5.48. The van der Waals surface area contributed by atoms with Crippen molar-refractivity contribution in [2.24, 2.45) is 0 Å². The molecule has 3 rings (SSSR count). The summed E-state index contributed by atoms with van der Waals surface area (Å²) in [4.78, 5) is 5.36. The van der Waals surface area contributed by atoms with Crippen LogP contribution in [-0.4, -0.2) is 23.6 Å². The monoisotopic (exact) mass is 395 g/mol. The Morgan fingerprint density at radius 1 is 1.15 bits per heavy atom. The number of H-pyrrole nitrogens is 1. The average molecular weight is 395 g/mol. The van der Waals surface area contributed by atoms with E-state index in [1.54, 1.807) is 0 Å². The number of nitrogens with one attached hydrogen (secondary N) is 1. The van der Waals surface area contributed by atoms with Gasteiger partial charge in [0.25, 0.3) is 0 Å². The Morgan fingerprint density at radius 2 is 1.95 bits per heavy atom. The molecule has 0 atom stereocenters. The number of benzene rings is 2. The maximum Gasteiger partial charge on any atom is 0.182 e. The first-order valence-corrected chi connectivity index (χ1v) is 7.73. The topological polar surface area (TPSA) is 24.0 Å². The van der Waals surface area contributed by atoms with Gasteiger partial charge in [0.15, 0.2) is 4.77 Å². The summed E-state index contributed by atoms with van der Waals surface area (Å²) in [5.74, 6) is 0. The van der Waals surface area contributed by atoms with Crippen LogP contribution in [0.5, 0.6) is 0 Å². The van der Waals surface area contributed by atoms with Gasteiger partial charge in [0.2, 0.25) is 0 Å². The van der Waals surface area contributed by atoms with E-state index in [0.717, 1.165) is 27.2 Å². The molecule has 1 heterocycles. The molecule has 3 aromatic rings. The molecule has 0 saturated heterocycles. The molecular weight excluding hydrogens is 381 g/mol. The Kier molecular flexibility index (Phi) is 3.55. The first-order valence-electron chi connectivity index (χ1n) is 6.24. The zero-order valence-electron chi connectivity index (χ0n) is 11.2. The van der Waals surface area contributed by atoms with E-state index in [-0.39, 0.29) is 0 Å². The van der Waals surface area contributed by atoms with Crippen molar-refractivity contribution in [1.29, 1.82) is 0 Å². The molecular formula is C15H14IN3S. The summed E-state index contributed by atoms with van der Waals surface area (Å²) in [6.45, 7) is 0. The van der Waals surface area contributed by atoms with Gasteiger partial charge < -0.3 is 9.88 Å². The number of aromatic nitrogens is 2. The number of nitrogens with zero attached hydrogens (tertiary/aromatic N) is 2. The Bertz CT molecular complexity index is 832. The van der Waals surface area contributed by atoms with Crippen LogP contribution < -0.4 is 4.90 Å². The van der Waals surface area contributed by atoms with Gasteiger partial charge in [0.05, 0.1) is 16.7 Å². The minimum atomic E-state index is 0.720. The number of fused-ring (bicyclic) bond motifs is 1. The van der Waals surface area contributed by atoms with E-state index in [9.17, 15) is 0 Å². The molecule has 0 saturated carbocycles. The molecule has 1 aromatic heterocycles. The molecule has 0 aliphatic heterocycles. The molecule has 3 nitrogen and oxygen atoms in total. The van der Waals surface area contributed by atoms with Crippen LogP contribution in [0.3, 0.4) is 0 Å². The summed E-state index contributed by atoms with van der Waals surface area (Å²) >= 11 is 7.79. The predicted molar refractivity (Wildman–Crippen MR) is 95.5 cm³/mol. The molecule has 0 unspecified atom stereocenters. The summed E-state index contributed by atoms with van der Waals surface area (Å²) < 4.78 is 3.99. The van der Waals surface area contributed by atoms with Crippen molar-refractivity contribution in [3.8, 4) is 5.69 Å². The second-order valence-corrected chi connectivity index (χ2v) is 6.47. The van der Waals surface area contributed by atoms with Gasteiger partial charge in [-0.05, 0) is 71.2 Å². The SMILES string of the molecule is CN(C)c1cccc(-n2c(=S)[nH]c3cc(I)ccc32)c1. The zero-order valence-corrected chi connectivity index (χ0v) is 14.2. The van der Waals surface area contributed by atoms with Crippen LogP contribution >= 0.6 is 34.8 Å². The molecule has 0 fully saturated rings. The van der Waals surface area contributed by atoms with Gasteiger partial charge in [-0.2, -0.15) is 0 Å². The molecule has 1 N–H and O–H groups in total. The van der Waals surface area contributed by atoms with E-state index in [1.165, 1.54) is 3.57 Å². The summed E-state index contributed by atoms with van der Waals surface area (Å²) in [6.07, 6.45) is 0. The summed E-state index contributed by atoms with van der Waals surface area (Å²) in [5, 5.41) is 0. The van der Waals surface area contributed by atoms with Gasteiger partial charge in [-0.3, -0.25) is 4.57 Å². The van der Waals surface area contributed by atoms with Crippen molar-refractivity contribution in [2.45, 2.75) is 0 Å². The molecule has 102 valence electrons. The number of anilines is 1. The lowest BCUT2D eigenvalue weighted by atomic mass is 10.2. The Hall–Kier alpha value is -1.34. The number of hydrogen-bond acceptors (Lipinski definition) is 2. The Morgan fingerprint density at radius 3 is 2.70 bits per heavy atom. The lowest BCUT2D eigenvalue weighted by molar-refractivity contribution is 1.05. The van der Waals surface area contributed by atoms with Gasteiger partial charge in [-0.25, -0.2) is 0 Å². The summed E-state index contributed by atoms with van der Waals surface area (Å²) in [6, 6.07) is 14.7. The largest absolute Gasteiger partial charge is 0.378 e. The van der Waals surface area contributed by atoms with Crippen LogP contribution in [0.4, 0.5) is 5.69 Å². The normalized spacial score (nSPS) is 10.9. The number of imidazole rings is 1. The lowest BCUT2D eigenvalue weighted by Gasteiger charge is -2.14. The van der Waals surface area contributed by atoms with Crippen LogP contribution in [0.1, 0.15) is 0 Å². The van der Waals surface area contributed by atoms with E-state index in [2.05, 4.69) is 79.5 Å². The lowest BCUT2D eigenvalue weighted by Crippen LogP contribution is -2.09. The second kappa shape index (κ2) is 5.21. The van der Waals surface area contributed by atoms with Gasteiger partial charge in [-0.1, -0.05) is 6.07 Å². The van der Waals surface area contributed by atoms with E-state index in [0.29, 0.717) is 0 Å². The van der Waals surface area contributed by atoms with Crippen molar-refractivity contribution in [1.82, 2.24) is 9.55 Å². The minimum Gasteiger partial charge on any atom is -0.378 e. The standard InChI is InChI=1S/C15H14IN3S/c1-18(2)11-4-3-5-12(9-11)19-14-7-6-10(16)8-13(14)17-15(19)20/h3-9H,1-2H3,(H,17,20). The highest BCUT2D eigenvalue weighted by molar-refractivity contribution is 14.1. The van der Waals surface area contributed by atoms with E-state index in [4.69, 9.17) is 12.2 Å². The van der Waals surface area contributed by atoms with Gasteiger partial charge in [0.1, 0.15) is 0 Å². The molecule has 0 aliphatic carbocycles. The summed E-state index contributed by atoms with van der Waals surface area (Å²) in [7, 11) is 4.08. The highest BCUT2D eigenvalue weighted by Crippen LogP contribution is 2.23. The number of hydrogen-bond donors (Lipinski definition) is 1. The number of halogens is 1. The van der Waals surface area contributed by atoms with Gasteiger partial charge in [-0.15, -0.1) is 0 Å². The third-order valence-electron chi connectivity index (χ3n) is 3.25. The Balaban J connectivity index is 2.26. The minimum absolute atomic E-state index is 0.720.